The minimum atomic E-state index is -0.760. The fourth-order valence-corrected chi connectivity index (χ4v) is 4.44. The Morgan fingerprint density at radius 3 is 1.95 bits per heavy atom. The number of carbonyl (C=O) groups excluding carboxylic acids is 1. The van der Waals surface area contributed by atoms with Crippen LogP contribution in [0.15, 0.2) is 18.2 Å². The predicted molar refractivity (Wildman–Crippen MR) is 82.6 cm³/mol. The van der Waals surface area contributed by atoms with Crippen LogP contribution < -0.4 is 0 Å². The zero-order chi connectivity index (χ0) is 15.5. The Balaban J connectivity index is 1.54. The lowest BCUT2D eigenvalue weighted by molar-refractivity contribution is -0.112. The number of hydrogen-bond acceptors (Lipinski definition) is 1. The molecule has 0 bridgehead atoms. The van der Waals surface area contributed by atoms with Crippen molar-refractivity contribution in [3.8, 4) is 0 Å². The maximum Gasteiger partial charge on any atom is 0.159 e. The normalized spacial score (nSPS) is 32.6. The second-order valence-corrected chi connectivity index (χ2v) is 7.10. The third-order valence-corrected chi connectivity index (χ3v) is 5.86. The average molecular weight is 306 g/mol. The Morgan fingerprint density at radius 2 is 1.41 bits per heavy atom. The van der Waals surface area contributed by atoms with Gasteiger partial charge in [-0.25, -0.2) is 8.78 Å². The summed E-state index contributed by atoms with van der Waals surface area (Å²) in [7, 11) is 0. The van der Waals surface area contributed by atoms with Crippen LogP contribution in [-0.2, 0) is 4.79 Å². The molecule has 0 unspecified atom stereocenters. The molecule has 0 amide bonds. The summed E-state index contributed by atoms with van der Waals surface area (Å²) in [5, 5.41) is 0. The molecule has 120 valence electrons. The summed E-state index contributed by atoms with van der Waals surface area (Å²) in [5.74, 6) is 0.694. The molecule has 2 fully saturated rings. The molecule has 3 heteroatoms. The van der Waals surface area contributed by atoms with Crippen LogP contribution in [0.1, 0.15) is 62.8 Å². The summed E-state index contributed by atoms with van der Waals surface area (Å²) in [5.41, 5.74) is 0.946. The molecular formula is C19H24F2O. The summed E-state index contributed by atoms with van der Waals surface area (Å²) in [6, 6.07) is 4.35. The number of benzene rings is 1. The van der Waals surface area contributed by atoms with Gasteiger partial charge in [0.05, 0.1) is 0 Å². The Labute approximate surface area is 131 Å². The minimum Gasteiger partial charge on any atom is -0.303 e. The van der Waals surface area contributed by atoms with Gasteiger partial charge >= 0.3 is 0 Å². The van der Waals surface area contributed by atoms with Gasteiger partial charge in [0.2, 0.25) is 0 Å². The topological polar surface area (TPSA) is 17.1 Å². The van der Waals surface area contributed by atoms with Gasteiger partial charge in [0.15, 0.2) is 11.6 Å². The van der Waals surface area contributed by atoms with E-state index in [2.05, 4.69) is 0 Å². The van der Waals surface area contributed by atoms with Crippen molar-refractivity contribution in [1.82, 2.24) is 0 Å². The predicted octanol–water partition coefficient (Wildman–Crippen LogP) is 5.24. The molecule has 0 saturated heterocycles. The fraction of sp³-hybridized carbons (Fsp3) is 0.632. The third kappa shape index (κ3) is 3.39. The number of rotatable bonds is 3. The maximum absolute atomic E-state index is 13.4. The first-order chi connectivity index (χ1) is 10.7. The quantitative estimate of drug-likeness (QED) is 0.698. The molecule has 0 aromatic heterocycles. The monoisotopic (exact) mass is 306 g/mol. The van der Waals surface area contributed by atoms with Crippen molar-refractivity contribution in [3.05, 3.63) is 35.4 Å². The molecule has 2 aliphatic carbocycles. The molecule has 1 aromatic rings. The Hall–Kier alpha value is -1.25. The van der Waals surface area contributed by atoms with Gasteiger partial charge in [0.25, 0.3) is 0 Å². The molecule has 1 nitrogen and oxygen atoms in total. The largest absolute Gasteiger partial charge is 0.303 e. The van der Waals surface area contributed by atoms with Crippen molar-refractivity contribution in [2.75, 3.05) is 0 Å². The van der Waals surface area contributed by atoms with Gasteiger partial charge < -0.3 is 4.79 Å². The smallest absolute Gasteiger partial charge is 0.159 e. The number of halogens is 2. The first-order valence-electron chi connectivity index (χ1n) is 8.57. The molecule has 0 heterocycles. The van der Waals surface area contributed by atoms with E-state index < -0.39 is 11.6 Å². The Kier molecular flexibility index (Phi) is 4.90. The van der Waals surface area contributed by atoms with Gasteiger partial charge in [-0.15, -0.1) is 0 Å². The Bertz CT molecular complexity index is 512. The van der Waals surface area contributed by atoms with Crippen LogP contribution in [0, 0.1) is 29.4 Å². The molecule has 0 radical (unpaired) electrons. The highest BCUT2D eigenvalue weighted by atomic mass is 19.2. The minimum absolute atomic E-state index is 0.287. The van der Waals surface area contributed by atoms with E-state index in [4.69, 9.17) is 0 Å². The SMILES string of the molecule is O=CC1CCC([C@H]2CC[C@H](c3ccc(F)c(F)c3)CC2)CC1. The molecule has 2 saturated carbocycles. The highest BCUT2D eigenvalue weighted by Gasteiger charge is 2.31. The van der Waals surface area contributed by atoms with Crippen LogP contribution in [0.3, 0.4) is 0 Å². The van der Waals surface area contributed by atoms with Gasteiger partial charge in [-0.05, 0) is 86.8 Å². The molecular weight excluding hydrogens is 282 g/mol. The van der Waals surface area contributed by atoms with E-state index in [0.29, 0.717) is 5.92 Å². The van der Waals surface area contributed by atoms with Crippen LogP contribution in [0.5, 0.6) is 0 Å². The van der Waals surface area contributed by atoms with Crippen molar-refractivity contribution in [2.45, 2.75) is 57.3 Å². The lowest BCUT2D eigenvalue weighted by Gasteiger charge is -2.37. The van der Waals surface area contributed by atoms with Crippen LogP contribution in [0.2, 0.25) is 0 Å². The van der Waals surface area contributed by atoms with Crippen LogP contribution in [-0.4, -0.2) is 6.29 Å². The summed E-state index contributed by atoms with van der Waals surface area (Å²) < 4.78 is 26.4. The maximum atomic E-state index is 13.4. The van der Waals surface area contributed by atoms with Gasteiger partial charge in [-0.3, -0.25) is 0 Å². The molecule has 1 aromatic carbocycles. The lowest BCUT2D eigenvalue weighted by Crippen LogP contribution is -2.25. The zero-order valence-electron chi connectivity index (χ0n) is 12.9. The van der Waals surface area contributed by atoms with E-state index in [-0.39, 0.29) is 5.92 Å². The molecule has 22 heavy (non-hydrogen) atoms. The molecule has 3 rings (SSSR count). The second kappa shape index (κ2) is 6.89. The lowest BCUT2D eigenvalue weighted by atomic mass is 9.68. The average Bonchev–Trinajstić information content (AvgIpc) is 2.58. The molecule has 0 spiro atoms. The molecule has 0 aliphatic heterocycles. The van der Waals surface area contributed by atoms with Crippen molar-refractivity contribution >= 4 is 6.29 Å². The van der Waals surface area contributed by atoms with Crippen LogP contribution in [0.4, 0.5) is 8.78 Å². The van der Waals surface area contributed by atoms with Crippen molar-refractivity contribution in [3.63, 3.8) is 0 Å². The number of hydrogen-bond donors (Lipinski definition) is 0. The van der Waals surface area contributed by atoms with Crippen molar-refractivity contribution in [1.29, 1.82) is 0 Å². The van der Waals surface area contributed by atoms with Crippen molar-refractivity contribution < 1.29 is 13.6 Å². The summed E-state index contributed by atoms with van der Waals surface area (Å²) >= 11 is 0. The van der Waals surface area contributed by atoms with Gasteiger partial charge in [-0.2, -0.15) is 0 Å². The summed E-state index contributed by atoms with van der Waals surface area (Å²) in [6.07, 6.45) is 10.1. The van der Waals surface area contributed by atoms with Crippen molar-refractivity contribution in [2.24, 2.45) is 17.8 Å². The van der Waals surface area contributed by atoms with E-state index >= 15 is 0 Å². The first kappa shape index (κ1) is 15.6. The molecule has 2 aliphatic rings. The third-order valence-electron chi connectivity index (χ3n) is 5.86. The Morgan fingerprint density at radius 1 is 0.818 bits per heavy atom. The van der Waals surface area contributed by atoms with Gasteiger partial charge in [0.1, 0.15) is 6.29 Å². The highest BCUT2D eigenvalue weighted by molar-refractivity contribution is 5.53. The highest BCUT2D eigenvalue weighted by Crippen LogP contribution is 2.43. The zero-order valence-corrected chi connectivity index (χ0v) is 12.9. The molecule has 0 atom stereocenters. The first-order valence-corrected chi connectivity index (χ1v) is 8.57. The van der Waals surface area contributed by atoms with E-state index in [9.17, 15) is 13.6 Å². The van der Waals surface area contributed by atoms with E-state index in [1.165, 1.54) is 37.8 Å². The van der Waals surface area contributed by atoms with E-state index in [1.807, 2.05) is 0 Å². The molecule has 0 N–H and O–H groups in total. The standard InChI is InChI=1S/C19H24F2O/c20-18-10-9-17(11-19(18)21)16-7-5-15(6-8-16)14-3-1-13(12-22)2-4-14/h9-16H,1-8H2/t13?,14?,15-,16-. The fourth-order valence-electron chi connectivity index (χ4n) is 4.44. The number of aldehydes is 1. The number of carbonyl (C=O) groups is 1. The van der Waals surface area contributed by atoms with Gasteiger partial charge in [-0.1, -0.05) is 6.07 Å². The van der Waals surface area contributed by atoms with E-state index in [1.54, 1.807) is 6.07 Å². The summed E-state index contributed by atoms with van der Waals surface area (Å²) in [6.45, 7) is 0. The van der Waals surface area contributed by atoms with Gasteiger partial charge in [0, 0.05) is 5.92 Å². The van der Waals surface area contributed by atoms with E-state index in [0.717, 1.165) is 49.4 Å². The summed E-state index contributed by atoms with van der Waals surface area (Å²) in [4.78, 5) is 10.8. The van der Waals surface area contributed by atoms with Crippen LogP contribution in [0.25, 0.3) is 0 Å². The second-order valence-electron chi connectivity index (χ2n) is 7.10. The van der Waals surface area contributed by atoms with Crippen LogP contribution >= 0.6 is 0 Å².